The van der Waals surface area contributed by atoms with Crippen molar-refractivity contribution in [2.75, 3.05) is 12.8 Å². The highest BCUT2D eigenvalue weighted by atomic mass is 16.5. The number of methoxy groups -OCH3 is 1. The molecule has 1 saturated heterocycles. The molecule has 2 fully saturated rings. The number of rotatable bonds is 3. The molecule has 0 aromatic heterocycles. The lowest BCUT2D eigenvalue weighted by molar-refractivity contribution is -0.143. The van der Waals surface area contributed by atoms with E-state index >= 15 is 0 Å². The first-order valence-corrected chi connectivity index (χ1v) is 6.65. The Kier molecular flexibility index (Phi) is 2.58. The molecule has 2 aliphatic rings. The standard InChI is InChI=1S/C15H18N2O3/c1-15(2)11-12(15)14(19)17(13(11)18)7-8-4-5-9(16)6-10(8)20-3/h4-6,11-12H,7,16H2,1-3H3. The molecule has 5 heteroatoms. The summed E-state index contributed by atoms with van der Waals surface area (Å²) >= 11 is 0. The molecule has 1 aliphatic carbocycles. The van der Waals surface area contributed by atoms with Crippen LogP contribution in [0.1, 0.15) is 19.4 Å². The Morgan fingerprint density at radius 2 is 1.85 bits per heavy atom. The number of amides is 2. The van der Waals surface area contributed by atoms with Gasteiger partial charge in [-0.15, -0.1) is 0 Å². The highest BCUT2D eigenvalue weighted by Crippen LogP contribution is 2.63. The molecule has 106 valence electrons. The number of imide groups is 1. The van der Waals surface area contributed by atoms with Gasteiger partial charge in [0.2, 0.25) is 11.8 Å². The molecule has 5 nitrogen and oxygen atoms in total. The summed E-state index contributed by atoms with van der Waals surface area (Å²) in [6.07, 6.45) is 0. The molecule has 2 amide bonds. The van der Waals surface area contributed by atoms with E-state index in [0.717, 1.165) is 5.56 Å². The lowest BCUT2D eigenvalue weighted by Crippen LogP contribution is -2.35. The third-order valence-corrected chi connectivity index (χ3v) is 4.53. The zero-order chi connectivity index (χ0) is 14.7. The minimum Gasteiger partial charge on any atom is -0.496 e. The van der Waals surface area contributed by atoms with E-state index in [-0.39, 0.29) is 35.6 Å². The van der Waals surface area contributed by atoms with E-state index in [2.05, 4.69) is 0 Å². The number of piperidine rings is 1. The summed E-state index contributed by atoms with van der Waals surface area (Å²) in [6.45, 7) is 4.20. The third-order valence-electron chi connectivity index (χ3n) is 4.53. The molecule has 2 atom stereocenters. The van der Waals surface area contributed by atoms with Gasteiger partial charge in [0.05, 0.1) is 25.5 Å². The summed E-state index contributed by atoms with van der Waals surface area (Å²) in [5.74, 6) is 0.183. The average molecular weight is 274 g/mol. The number of hydrogen-bond donors (Lipinski definition) is 1. The fourth-order valence-corrected chi connectivity index (χ4v) is 3.22. The SMILES string of the molecule is COc1cc(N)ccc1CN1C(=O)C2C(C1=O)C2(C)C. The maximum Gasteiger partial charge on any atom is 0.233 e. The van der Waals surface area contributed by atoms with Crippen LogP contribution in [0.2, 0.25) is 0 Å². The minimum atomic E-state index is -0.171. The van der Waals surface area contributed by atoms with Crippen molar-refractivity contribution in [1.29, 1.82) is 0 Å². The minimum absolute atomic E-state index is 0.0659. The normalized spacial score (nSPS) is 26.6. The number of likely N-dealkylation sites (tertiary alicyclic amines) is 1. The molecule has 1 aromatic rings. The van der Waals surface area contributed by atoms with Gasteiger partial charge in [-0.2, -0.15) is 0 Å². The van der Waals surface area contributed by atoms with Crippen LogP contribution in [0.25, 0.3) is 0 Å². The summed E-state index contributed by atoms with van der Waals surface area (Å²) in [5, 5.41) is 0. The second kappa shape index (κ2) is 3.98. The summed E-state index contributed by atoms with van der Waals surface area (Å²) < 4.78 is 5.26. The molecule has 3 rings (SSSR count). The summed E-state index contributed by atoms with van der Waals surface area (Å²) in [6, 6.07) is 5.24. The lowest BCUT2D eigenvalue weighted by atomic mass is 10.0. The van der Waals surface area contributed by atoms with Crippen LogP contribution in [0.5, 0.6) is 5.75 Å². The number of anilines is 1. The van der Waals surface area contributed by atoms with Gasteiger partial charge in [0.15, 0.2) is 0 Å². The third kappa shape index (κ3) is 1.62. The van der Waals surface area contributed by atoms with Gasteiger partial charge < -0.3 is 10.5 Å². The van der Waals surface area contributed by atoms with Crippen LogP contribution in [0.4, 0.5) is 5.69 Å². The Morgan fingerprint density at radius 1 is 1.25 bits per heavy atom. The monoisotopic (exact) mass is 274 g/mol. The van der Waals surface area contributed by atoms with E-state index in [1.165, 1.54) is 4.90 Å². The van der Waals surface area contributed by atoms with Crippen LogP contribution >= 0.6 is 0 Å². The maximum absolute atomic E-state index is 12.3. The Balaban J connectivity index is 1.84. The molecular formula is C15H18N2O3. The molecule has 0 spiro atoms. The van der Waals surface area contributed by atoms with Crippen LogP contribution in [-0.2, 0) is 16.1 Å². The quantitative estimate of drug-likeness (QED) is 0.668. The Bertz CT molecular complexity index is 585. The van der Waals surface area contributed by atoms with Gasteiger partial charge in [0.1, 0.15) is 5.75 Å². The predicted octanol–water partition coefficient (Wildman–Crippen LogP) is 1.42. The first-order chi connectivity index (χ1) is 9.37. The summed E-state index contributed by atoms with van der Waals surface area (Å²) in [7, 11) is 1.55. The van der Waals surface area contributed by atoms with Crippen molar-refractivity contribution >= 4 is 17.5 Å². The lowest BCUT2D eigenvalue weighted by Gasteiger charge is -2.21. The van der Waals surface area contributed by atoms with Crippen molar-refractivity contribution in [3.8, 4) is 5.75 Å². The Morgan fingerprint density at radius 3 is 2.40 bits per heavy atom. The number of carbonyl (C=O) groups excluding carboxylic acids is 2. The molecule has 1 saturated carbocycles. The van der Waals surface area contributed by atoms with Gasteiger partial charge in [-0.05, 0) is 11.5 Å². The van der Waals surface area contributed by atoms with Crippen LogP contribution in [0, 0.1) is 17.3 Å². The van der Waals surface area contributed by atoms with E-state index in [0.29, 0.717) is 11.4 Å². The second-order valence-electron chi connectivity index (χ2n) is 6.11. The van der Waals surface area contributed by atoms with Gasteiger partial charge in [-0.1, -0.05) is 19.9 Å². The van der Waals surface area contributed by atoms with Crippen molar-refractivity contribution < 1.29 is 14.3 Å². The summed E-state index contributed by atoms with van der Waals surface area (Å²) in [4.78, 5) is 25.9. The molecule has 1 aliphatic heterocycles. The number of carbonyl (C=O) groups is 2. The zero-order valence-corrected chi connectivity index (χ0v) is 11.8. The summed E-state index contributed by atoms with van der Waals surface area (Å²) in [5.41, 5.74) is 6.92. The smallest absolute Gasteiger partial charge is 0.233 e. The Labute approximate surface area is 117 Å². The number of fused-ring (bicyclic) bond motifs is 1. The number of nitrogens with two attached hydrogens (primary N) is 1. The van der Waals surface area contributed by atoms with E-state index in [1.54, 1.807) is 25.3 Å². The fourth-order valence-electron chi connectivity index (χ4n) is 3.22. The Hall–Kier alpha value is -2.04. The molecule has 20 heavy (non-hydrogen) atoms. The molecule has 2 N–H and O–H groups in total. The van der Waals surface area contributed by atoms with Gasteiger partial charge in [0, 0.05) is 17.3 Å². The van der Waals surface area contributed by atoms with E-state index in [1.807, 2.05) is 13.8 Å². The molecule has 0 bridgehead atoms. The van der Waals surface area contributed by atoms with Crippen LogP contribution in [-0.4, -0.2) is 23.8 Å². The number of hydrogen-bond acceptors (Lipinski definition) is 4. The number of benzene rings is 1. The van der Waals surface area contributed by atoms with E-state index in [4.69, 9.17) is 10.5 Å². The predicted molar refractivity (Wildman–Crippen MR) is 73.7 cm³/mol. The van der Waals surface area contributed by atoms with Crippen molar-refractivity contribution in [2.24, 2.45) is 17.3 Å². The zero-order valence-electron chi connectivity index (χ0n) is 11.8. The van der Waals surface area contributed by atoms with Crippen molar-refractivity contribution in [3.63, 3.8) is 0 Å². The van der Waals surface area contributed by atoms with Gasteiger partial charge in [0.25, 0.3) is 0 Å². The van der Waals surface area contributed by atoms with Crippen LogP contribution in [0.3, 0.4) is 0 Å². The van der Waals surface area contributed by atoms with E-state index < -0.39 is 0 Å². The van der Waals surface area contributed by atoms with Crippen LogP contribution < -0.4 is 10.5 Å². The number of nitrogen functional groups attached to an aromatic ring is 1. The average Bonchev–Trinajstić information content (AvgIpc) is 2.87. The second-order valence-corrected chi connectivity index (χ2v) is 6.11. The van der Waals surface area contributed by atoms with Crippen molar-refractivity contribution in [2.45, 2.75) is 20.4 Å². The highest BCUT2D eigenvalue weighted by Gasteiger charge is 2.72. The van der Waals surface area contributed by atoms with Crippen molar-refractivity contribution in [1.82, 2.24) is 4.90 Å². The maximum atomic E-state index is 12.3. The molecule has 0 radical (unpaired) electrons. The molecule has 1 heterocycles. The number of ether oxygens (including phenoxy) is 1. The van der Waals surface area contributed by atoms with Gasteiger partial charge in [-0.25, -0.2) is 0 Å². The number of nitrogens with zero attached hydrogens (tertiary/aromatic N) is 1. The molecule has 2 unspecified atom stereocenters. The van der Waals surface area contributed by atoms with Crippen LogP contribution in [0.15, 0.2) is 18.2 Å². The fraction of sp³-hybridized carbons (Fsp3) is 0.467. The van der Waals surface area contributed by atoms with Gasteiger partial charge >= 0.3 is 0 Å². The van der Waals surface area contributed by atoms with Gasteiger partial charge in [-0.3, -0.25) is 14.5 Å². The molecular weight excluding hydrogens is 256 g/mol. The molecule has 1 aromatic carbocycles. The van der Waals surface area contributed by atoms with Crippen molar-refractivity contribution in [3.05, 3.63) is 23.8 Å². The largest absolute Gasteiger partial charge is 0.496 e. The van der Waals surface area contributed by atoms with E-state index in [9.17, 15) is 9.59 Å². The highest BCUT2D eigenvalue weighted by molar-refractivity contribution is 6.10. The first kappa shape index (κ1) is 13.0. The topological polar surface area (TPSA) is 72.6 Å². The first-order valence-electron chi connectivity index (χ1n) is 6.65.